The molecule has 1 fully saturated rings. The summed E-state index contributed by atoms with van der Waals surface area (Å²) < 4.78 is 5.91. The number of aryl methyl sites for hydroxylation is 1. The van der Waals surface area contributed by atoms with Crippen molar-refractivity contribution in [3.63, 3.8) is 0 Å². The van der Waals surface area contributed by atoms with Crippen LogP contribution in [0.4, 0.5) is 0 Å². The molecule has 31 heavy (non-hydrogen) atoms. The third kappa shape index (κ3) is 5.21. The van der Waals surface area contributed by atoms with Crippen molar-refractivity contribution >= 4 is 17.7 Å². The molecule has 0 spiro atoms. The molecule has 1 aliphatic rings. The zero-order chi connectivity index (χ0) is 21.8. The number of rotatable bonds is 6. The van der Waals surface area contributed by atoms with Crippen LogP contribution in [0.5, 0.6) is 0 Å². The summed E-state index contributed by atoms with van der Waals surface area (Å²) in [6.07, 6.45) is 3.50. The molecular formula is C26H30N2O2S. The zero-order valence-corrected chi connectivity index (χ0v) is 19.2. The van der Waals surface area contributed by atoms with Crippen molar-refractivity contribution in [1.29, 1.82) is 0 Å². The van der Waals surface area contributed by atoms with Crippen LogP contribution in [0.25, 0.3) is 11.5 Å². The van der Waals surface area contributed by atoms with E-state index in [1.807, 2.05) is 49.4 Å². The number of carbonyl (C=O) groups excluding carboxylic acids is 1. The second-order valence-electron chi connectivity index (χ2n) is 8.55. The van der Waals surface area contributed by atoms with Gasteiger partial charge in [0.05, 0.1) is 5.69 Å². The van der Waals surface area contributed by atoms with Crippen LogP contribution in [0, 0.1) is 18.8 Å². The van der Waals surface area contributed by atoms with E-state index < -0.39 is 0 Å². The van der Waals surface area contributed by atoms with Gasteiger partial charge in [-0.15, -0.1) is 11.8 Å². The van der Waals surface area contributed by atoms with Crippen molar-refractivity contribution in [2.24, 2.45) is 11.8 Å². The van der Waals surface area contributed by atoms with Gasteiger partial charge < -0.3 is 9.73 Å². The molecule has 3 aromatic rings. The van der Waals surface area contributed by atoms with Gasteiger partial charge in [0.2, 0.25) is 5.89 Å². The number of carbonyl (C=O) groups is 1. The lowest BCUT2D eigenvalue weighted by molar-refractivity contribution is 0.0891. The summed E-state index contributed by atoms with van der Waals surface area (Å²) >= 11 is 1.74. The minimum Gasteiger partial charge on any atom is -0.441 e. The largest absolute Gasteiger partial charge is 0.441 e. The van der Waals surface area contributed by atoms with Gasteiger partial charge in [-0.25, -0.2) is 4.98 Å². The molecule has 162 valence electrons. The Morgan fingerprint density at radius 2 is 1.84 bits per heavy atom. The number of thioether (sulfide) groups is 1. The van der Waals surface area contributed by atoms with Crippen LogP contribution >= 0.6 is 11.8 Å². The number of benzene rings is 2. The highest BCUT2D eigenvalue weighted by Gasteiger charge is 2.28. The average molecular weight is 435 g/mol. The quantitative estimate of drug-likeness (QED) is 0.450. The maximum absolute atomic E-state index is 12.7. The zero-order valence-electron chi connectivity index (χ0n) is 18.4. The summed E-state index contributed by atoms with van der Waals surface area (Å²) in [5.74, 6) is 3.37. The second kappa shape index (κ2) is 9.73. The predicted molar refractivity (Wildman–Crippen MR) is 126 cm³/mol. The Labute approximate surface area is 188 Å². The Kier molecular flexibility index (Phi) is 6.81. The SMILES string of the molecule is Cc1oc(-c2ccc(C(=O)N[C@@H]3CCC[C@H](C)[C@@H]3C)cc2)nc1CSc1ccccc1. The van der Waals surface area contributed by atoms with Gasteiger partial charge in [-0.2, -0.15) is 0 Å². The number of aromatic nitrogens is 1. The maximum atomic E-state index is 12.7. The molecule has 1 amide bonds. The number of oxazole rings is 1. The maximum Gasteiger partial charge on any atom is 0.251 e. The number of hydrogen-bond acceptors (Lipinski definition) is 4. The molecule has 0 saturated heterocycles. The van der Waals surface area contributed by atoms with E-state index in [9.17, 15) is 4.79 Å². The topological polar surface area (TPSA) is 55.1 Å². The van der Waals surface area contributed by atoms with Crippen molar-refractivity contribution in [2.45, 2.75) is 56.7 Å². The average Bonchev–Trinajstić information content (AvgIpc) is 3.17. The standard InChI is InChI=1S/C26H30N2O2S/c1-17-8-7-11-23(18(17)2)27-25(29)20-12-14-21(15-13-20)26-28-24(19(3)30-26)16-31-22-9-5-4-6-10-22/h4-6,9-10,12-15,17-18,23H,7-8,11,16H2,1-3H3,(H,27,29)/t17-,18-,23+/m0/s1. The van der Waals surface area contributed by atoms with Gasteiger partial charge in [-0.3, -0.25) is 4.79 Å². The smallest absolute Gasteiger partial charge is 0.251 e. The van der Waals surface area contributed by atoms with Crippen LogP contribution in [0.1, 0.15) is 54.9 Å². The van der Waals surface area contributed by atoms with E-state index in [1.165, 1.54) is 17.7 Å². The molecule has 1 aromatic heterocycles. The number of hydrogen-bond donors (Lipinski definition) is 1. The fourth-order valence-corrected chi connectivity index (χ4v) is 5.08. The van der Waals surface area contributed by atoms with Crippen molar-refractivity contribution in [3.05, 3.63) is 71.6 Å². The van der Waals surface area contributed by atoms with Crippen LogP contribution < -0.4 is 5.32 Å². The first-order valence-corrected chi connectivity index (χ1v) is 12.1. The first-order valence-electron chi connectivity index (χ1n) is 11.1. The molecule has 0 aliphatic heterocycles. The first kappa shape index (κ1) is 21.7. The molecular weight excluding hydrogens is 404 g/mol. The normalized spacial score (nSPS) is 21.1. The summed E-state index contributed by atoms with van der Waals surface area (Å²) in [4.78, 5) is 18.6. The van der Waals surface area contributed by atoms with Gasteiger partial charge in [-0.1, -0.05) is 44.9 Å². The van der Waals surface area contributed by atoms with Crippen LogP contribution in [0.3, 0.4) is 0 Å². The van der Waals surface area contributed by atoms with Crippen molar-refractivity contribution < 1.29 is 9.21 Å². The van der Waals surface area contributed by atoms with Crippen molar-refractivity contribution in [3.8, 4) is 11.5 Å². The van der Waals surface area contributed by atoms with E-state index in [4.69, 9.17) is 9.40 Å². The number of amides is 1. The first-order chi connectivity index (χ1) is 15.0. The van der Waals surface area contributed by atoms with E-state index in [1.54, 1.807) is 11.8 Å². The lowest BCUT2D eigenvalue weighted by Crippen LogP contribution is -2.43. The van der Waals surface area contributed by atoms with E-state index in [2.05, 4.69) is 31.3 Å². The predicted octanol–water partition coefficient (Wildman–Crippen LogP) is 6.50. The van der Waals surface area contributed by atoms with Gasteiger partial charge in [0.25, 0.3) is 5.91 Å². The molecule has 3 atom stereocenters. The molecule has 5 heteroatoms. The van der Waals surface area contributed by atoms with Gasteiger partial charge in [0, 0.05) is 27.8 Å². The molecule has 1 saturated carbocycles. The molecule has 0 unspecified atom stereocenters. The molecule has 1 aliphatic carbocycles. The summed E-state index contributed by atoms with van der Waals surface area (Å²) in [7, 11) is 0. The minimum atomic E-state index is 0.000958. The van der Waals surface area contributed by atoms with Crippen LogP contribution in [0.15, 0.2) is 63.9 Å². The molecule has 0 bridgehead atoms. The molecule has 1 N–H and O–H groups in total. The highest BCUT2D eigenvalue weighted by molar-refractivity contribution is 7.98. The molecule has 0 radical (unpaired) electrons. The van der Waals surface area contributed by atoms with Crippen LogP contribution in [-0.2, 0) is 5.75 Å². The van der Waals surface area contributed by atoms with E-state index >= 15 is 0 Å². The van der Waals surface area contributed by atoms with Gasteiger partial charge >= 0.3 is 0 Å². The highest BCUT2D eigenvalue weighted by atomic mass is 32.2. The third-order valence-corrected chi connectivity index (χ3v) is 7.45. The van der Waals surface area contributed by atoms with Gasteiger partial charge in [0.1, 0.15) is 5.76 Å². The Morgan fingerprint density at radius 1 is 1.10 bits per heavy atom. The minimum absolute atomic E-state index is 0.000958. The summed E-state index contributed by atoms with van der Waals surface area (Å²) in [5.41, 5.74) is 2.51. The van der Waals surface area contributed by atoms with Crippen LogP contribution in [-0.4, -0.2) is 16.9 Å². The summed E-state index contributed by atoms with van der Waals surface area (Å²) in [6.45, 7) is 6.48. The Morgan fingerprint density at radius 3 is 2.58 bits per heavy atom. The summed E-state index contributed by atoms with van der Waals surface area (Å²) in [5, 5.41) is 3.24. The van der Waals surface area contributed by atoms with Crippen molar-refractivity contribution in [2.75, 3.05) is 0 Å². The van der Waals surface area contributed by atoms with Crippen LogP contribution in [0.2, 0.25) is 0 Å². The highest BCUT2D eigenvalue weighted by Crippen LogP contribution is 2.30. The molecule has 1 heterocycles. The monoisotopic (exact) mass is 434 g/mol. The molecule has 4 rings (SSSR count). The summed E-state index contributed by atoms with van der Waals surface area (Å²) in [6, 6.07) is 18.1. The Bertz CT molecular complexity index is 1010. The fourth-order valence-electron chi connectivity index (χ4n) is 4.16. The number of nitrogens with zero attached hydrogens (tertiary/aromatic N) is 1. The lowest BCUT2D eigenvalue weighted by Gasteiger charge is -2.34. The van der Waals surface area contributed by atoms with E-state index in [0.29, 0.717) is 23.3 Å². The van der Waals surface area contributed by atoms with Gasteiger partial charge in [0.15, 0.2) is 0 Å². The van der Waals surface area contributed by atoms with E-state index in [0.717, 1.165) is 29.2 Å². The third-order valence-electron chi connectivity index (χ3n) is 6.43. The van der Waals surface area contributed by atoms with Gasteiger partial charge in [-0.05, 0) is 61.6 Å². The molecule has 4 nitrogen and oxygen atoms in total. The van der Waals surface area contributed by atoms with Crippen molar-refractivity contribution in [1.82, 2.24) is 10.3 Å². The Hall–Kier alpha value is -2.53. The number of nitrogens with one attached hydrogen (secondary N) is 1. The second-order valence-corrected chi connectivity index (χ2v) is 9.60. The van der Waals surface area contributed by atoms with E-state index in [-0.39, 0.29) is 11.9 Å². The lowest BCUT2D eigenvalue weighted by atomic mass is 9.78. The Balaban J connectivity index is 1.40. The fraction of sp³-hybridized carbons (Fsp3) is 0.385. The molecule has 2 aromatic carbocycles.